The number of benzene rings is 1. The minimum absolute atomic E-state index is 0. The average Bonchev–Trinajstić information content (AvgIpc) is 2.88. The van der Waals surface area contributed by atoms with Crippen LogP contribution in [-0.4, -0.2) is 41.4 Å². The van der Waals surface area contributed by atoms with E-state index in [1.54, 1.807) is 12.1 Å². The molecule has 0 spiro atoms. The molecule has 2 atom stereocenters. The largest absolute Gasteiger partial charge is 0.468 e. The molecule has 8 heteroatoms. The van der Waals surface area contributed by atoms with Gasteiger partial charge in [-0.05, 0) is 29.7 Å². The third-order valence-electron chi connectivity index (χ3n) is 4.03. The van der Waals surface area contributed by atoms with E-state index >= 15 is 0 Å². The van der Waals surface area contributed by atoms with Crippen LogP contribution >= 0.6 is 50.4 Å². The van der Waals surface area contributed by atoms with Crippen molar-refractivity contribution in [3.8, 4) is 0 Å². The number of fused-ring (bicyclic) bond motifs is 1. The third-order valence-corrected chi connectivity index (χ3v) is 5.55. The van der Waals surface area contributed by atoms with Crippen LogP contribution in [0.3, 0.4) is 0 Å². The zero-order valence-corrected chi connectivity index (χ0v) is 16.7. The van der Waals surface area contributed by atoms with E-state index < -0.39 is 6.04 Å². The summed E-state index contributed by atoms with van der Waals surface area (Å²) in [5, 5.41) is 0.911. The molecule has 2 aliphatic heterocycles. The topological polar surface area (TPSA) is 46.6 Å². The van der Waals surface area contributed by atoms with Crippen molar-refractivity contribution in [3.63, 3.8) is 0 Å². The van der Waals surface area contributed by atoms with Gasteiger partial charge in [-0.1, -0.05) is 41.6 Å². The van der Waals surface area contributed by atoms with Crippen LogP contribution in [0.25, 0.3) is 0 Å². The number of likely N-dealkylation sites (tertiary alicyclic amines) is 1. The van der Waals surface area contributed by atoms with Crippen molar-refractivity contribution in [1.82, 2.24) is 4.90 Å². The molecule has 0 amide bonds. The van der Waals surface area contributed by atoms with Crippen molar-refractivity contribution in [3.05, 3.63) is 46.5 Å². The van der Waals surface area contributed by atoms with Crippen LogP contribution in [0, 0.1) is 0 Å². The van der Waals surface area contributed by atoms with Gasteiger partial charge in [0.15, 0.2) is 0 Å². The fourth-order valence-corrected chi connectivity index (χ4v) is 4.24. The number of nitrogens with zero attached hydrogens (tertiary/aromatic N) is 1. The minimum atomic E-state index is -0.541. The third kappa shape index (κ3) is 4.32. The highest BCUT2D eigenvalue weighted by molar-refractivity contribution is 8.15. The van der Waals surface area contributed by atoms with Gasteiger partial charge >= 0.3 is 5.97 Å². The first-order valence-electron chi connectivity index (χ1n) is 7.07. The van der Waals surface area contributed by atoms with Gasteiger partial charge in [0.1, 0.15) is 6.04 Å². The molecular formula is C16H20ClNO3S3. The molecule has 3 rings (SSSR count). The second kappa shape index (κ2) is 9.20. The molecule has 0 aromatic heterocycles. The Balaban J connectivity index is 0.00000144. The monoisotopic (exact) mass is 405 g/mol. The first-order chi connectivity index (χ1) is 10.6. The molecule has 0 N–H and O–H groups in total. The maximum atomic E-state index is 12.3. The van der Waals surface area contributed by atoms with E-state index in [9.17, 15) is 9.59 Å². The molecule has 0 radical (unpaired) electrons. The van der Waals surface area contributed by atoms with E-state index in [4.69, 9.17) is 16.3 Å². The molecule has 4 nitrogen and oxygen atoms in total. The Morgan fingerprint density at radius 3 is 2.75 bits per heavy atom. The SMILES string of the molecule is COC(=O)[C@H](c1ccccc1Cl)N1CCC2SC(=O)C=C2C1.S.S. The number of carbonyl (C=O) groups excluding carboxylic acids is 2. The van der Waals surface area contributed by atoms with Crippen molar-refractivity contribution in [2.24, 2.45) is 0 Å². The van der Waals surface area contributed by atoms with Crippen molar-refractivity contribution in [1.29, 1.82) is 0 Å². The first-order valence-corrected chi connectivity index (χ1v) is 8.33. The van der Waals surface area contributed by atoms with Crippen LogP contribution in [0.15, 0.2) is 35.9 Å². The van der Waals surface area contributed by atoms with Gasteiger partial charge in [0.2, 0.25) is 5.12 Å². The highest BCUT2D eigenvalue weighted by Crippen LogP contribution is 2.38. The Hall–Kier alpha value is -0.600. The van der Waals surface area contributed by atoms with Gasteiger partial charge in [-0.2, -0.15) is 27.0 Å². The summed E-state index contributed by atoms with van der Waals surface area (Å²) in [6.07, 6.45) is 2.54. The van der Waals surface area contributed by atoms with Gasteiger partial charge in [-0.15, -0.1) is 0 Å². The van der Waals surface area contributed by atoms with Crippen molar-refractivity contribution in [2.75, 3.05) is 20.2 Å². The van der Waals surface area contributed by atoms with Gasteiger partial charge in [0.25, 0.3) is 0 Å². The summed E-state index contributed by atoms with van der Waals surface area (Å²) in [5.41, 5.74) is 1.83. The molecule has 1 saturated heterocycles. The second-order valence-corrected chi connectivity index (χ2v) is 6.97. The predicted octanol–water partition coefficient (Wildman–Crippen LogP) is 3.05. The maximum absolute atomic E-state index is 12.3. The lowest BCUT2D eigenvalue weighted by Gasteiger charge is -2.36. The standard InChI is InChI=1S/C16H16ClNO3S.2H2S/c1-21-16(20)15(11-4-2-3-5-12(11)17)18-7-6-13-10(9-18)8-14(19)22-13;;/h2-5,8,13,15H,6-7,9H2,1H3;2*1H2/t13?,15-;;/m0../s1. The van der Waals surface area contributed by atoms with Crippen molar-refractivity contribution < 1.29 is 14.3 Å². The van der Waals surface area contributed by atoms with Crippen molar-refractivity contribution >= 4 is 61.4 Å². The van der Waals surface area contributed by atoms with Crippen molar-refractivity contribution in [2.45, 2.75) is 17.7 Å². The van der Waals surface area contributed by atoms with E-state index in [2.05, 4.69) is 0 Å². The quantitative estimate of drug-likeness (QED) is 0.723. The van der Waals surface area contributed by atoms with Crippen LogP contribution in [0.5, 0.6) is 0 Å². The first kappa shape index (κ1) is 21.4. The molecule has 1 aromatic carbocycles. The van der Waals surface area contributed by atoms with E-state index in [0.717, 1.165) is 24.1 Å². The number of hydrogen-bond acceptors (Lipinski definition) is 5. The summed E-state index contributed by atoms with van der Waals surface area (Å²) in [6.45, 7) is 1.32. The molecule has 1 unspecified atom stereocenters. The fourth-order valence-electron chi connectivity index (χ4n) is 2.98. The van der Waals surface area contributed by atoms with Gasteiger partial charge in [-0.25, -0.2) is 4.79 Å². The maximum Gasteiger partial charge on any atom is 0.327 e. The molecule has 1 fully saturated rings. The van der Waals surface area contributed by atoms with Crippen LogP contribution < -0.4 is 0 Å². The normalized spacial score (nSPS) is 21.0. The molecule has 2 heterocycles. The molecule has 0 bridgehead atoms. The zero-order valence-electron chi connectivity index (χ0n) is 13.1. The Labute approximate surface area is 164 Å². The lowest BCUT2D eigenvalue weighted by Crippen LogP contribution is -2.42. The lowest BCUT2D eigenvalue weighted by atomic mass is 9.98. The highest BCUT2D eigenvalue weighted by Gasteiger charge is 2.37. The molecule has 0 aliphatic carbocycles. The molecule has 24 heavy (non-hydrogen) atoms. The zero-order chi connectivity index (χ0) is 15.7. The molecule has 1 aromatic rings. The summed E-state index contributed by atoms with van der Waals surface area (Å²) in [7, 11) is 1.38. The Bertz CT molecular complexity index is 653. The molecule has 0 saturated carbocycles. The number of hydrogen-bond donors (Lipinski definition) is 0. The van der Waals surface area contributed by atoms with Gasteiger partial charge < -0.3 is 4.74 Å². The predicted molar refractivity (Wildman–Crippen MR) is 108 cm³/mol. The number of methoxy groups -OCH3 is 1. The van der Waals surface area contributed by atoms with E-state index in [-0.39, 0.29) is 43.3 Å². The van der Waals surface area contributed by atoms with Crippen LogP contribution in [0.4, 0.5) is 0 Å². The van der Waals surface area contributed by atoms with Crippen LogP contribution in [0.1, 0.15) is 18.0 Å². The number of piperidine rings is 1. The van der Waals surface area contributed by atoms with E-state index in [0.29, 0.717) is 11.6 Å². The van der Waals surface area contributed by atoms with E-state index in [1.807, 2.05) is 23.1 Å². The lowest BCUT2D eigenvalue weighted by molar-refractivity contribution is -0.147. The highest BCUT2D eigenvalue weighted by atomic mass is 35.5. The van der Waals surface area contributed by atoms with Gasteiger partial charge in [-0.3, -0.25) is 9.69 Å². The number of rotatable bonds is 3. The van der Waals surface area contributed by atoms with Gasteiger partial charge in [0.05, 0.1) is 7.11 Å². The fraction of sp³-hybridized carbons (Fsp3) is 0.375. The number of esters is 1. The van der Waals surface area contributed by atoms with Gasteiger partial charge in [0, 0.05) is 23.4 Å². The smallest absolute Gasteiger partial charge is 0.327 e. The molecular weight excluding hydrogens is 386 g/mol. The number of carbonyl (C=O) groups is 2. The van der Waals surface area contributed by atoms with Crippen LogP contribution in [0.2, 0.25) is 5.02 Å². The number of thioether (sulfide) groups is 1. The molecule has 2 aliphatic rings. The van der Waals surface area contributed by atoms with Crippen LogP contribution in [-0.2, 0) is 14.3 Å². The summed E-state index contributed by atoms with van der Waals surface area (Å²) >= 11 is 7.64. The summed E-state index contributed by atoms with van der Waals surface area (Å²) in [6, 6.07) is 6.77. The van der Waals surface area contributed by atoms with E-state index in [1.165, 1.54) is 18.9 Å². The number of ether oxygens (including phenoxy) is 1. The number of halogens is 1. The Morgan fingerprint density at radius 2 is 2.08 bits per heavy atom. The Kier molecular flexibility index (Phi) is 8.22. The Morgan fingerprint density at radius 1 is 1.38 bits per heavy atom. The second-order valence-electron chi connectivity index (χ2n) is 5.35. The summed E-state index contributed by atoms with van der Waals surface area (Å²) in [5.74, 6) is -0.330. The average molecular weight is 406 g/mol. The minimum Gasteiger partial charge on any atom is -0.468 e. The summed E-state index contributed by atoms with van der Waals surface area (Å²) in [4.78, 5) is 25.9. The molecule has 132 valence electrons. The summed E-state index contributed by atoms with van der Waals surface area (Å²) < 4.78 is 4.98.